The smallest absolute Gasteiger partial charge is 0.174 e. The Balaban J connectivity index is 1.49. The zero-order valence-corrected chi connectivity index (χ0v) is 16.2. The molecule has 1 heterocycles. The average molecular weight is 360 g/mol. The fraction of sp³-hybridized carbons (Fsp3) is 0.864. The van der Waals surface area contributed by atoms with Gasteiger partial charge in [-0.3, -0.25) is 0 Å². The van der Waals surface area contributed by atoms with E-state index in [2.05, 4.69) is 13.0 Å². The van der Waals surface area contributed by atoms with Crippen molar-refractivity contribution in [2.75, 3.05) is 20.3 Å². The summed E-state index contributed by atoms with van der Waals surface area (Å²) >= 11 is 0. The number of rotatable bonds is 2. The molecule has 4 aliphatic carbocycles. The predicted molar refractivity (Wildman–Crippen MR) is 97.5 cm³/mol. The molecule has 4 fully saturated rings. The van der Waals surface area contributed by atoms with Gasteiger partial charge in [0.15, 0.2) is 5.79 Å². The number of allylic oxidation sites excluding steroid dienone is 1. The van der Waals surface area contributed by atoms with Crippen LogP contribution in [0.1, 0.15) is 58.3 Å². The highest BCUT2D eigenvalue weighted by Crippen LogP contribution is 2.68. The van der Waals surface area contributed by atoms with Crippen LogP contribution in [0.5, 0.6) is 0 Å². The summed E-state index contributed by atoms with van der Waals surface area (Å²) in [5, 5.41) is 0. The van der Waals surface area contributed by atoms with E-state index in [9.17, 15) is 4.79 Å². The first-order chi connectivity index (χ1) is 12.6. The van der Waals surface area contributed by atoms with E-state index in [0.717, 1.165) is 58.2 Å². The number of methoxy groups -OCH3 is 1. The molecule has 0 amide bonds. The summed E-state index contributed by atoms with van der Waals surface area (Å²) in [5.74, 6) is 1.34. The molecule has 0 aromatic rings. The molecule has 1 saturated heterocycles. The first kappa shape index (κ1) is 17.4. The van der Waals surface area contributed by atoms with Gasteiger partial charge >= 0.3 is 0 Å². The van der Waals surface area contributed by atoms with Gasteiger partial charge in [-0.05, 0) is 62.7 Å². The van der Waals surface area contributed by atoms with Gasteiger partial charge in [0, 0.05) is 18.9 Å². The molecule has 1 aliphatic heterocycles. The first-order valence-electron chi connectivity index (χ1n) is 10.6. The molecule has 0 N–H and O–H groups in total. The minimum Gasteiger partial charge on any atom is -0.381 e. The summed E-state index contributed by atoms with van der Waals surface area (Å²) < 4.78 is 18.1. The molecule has 0 radical (unpaired) electrons. The van der Waals surface area contributed by atoms with E-state index in [0.29, 0.717) is 17.8 Å². The lowest BCUT2D eigenvalue weighted by Gasteiger charge is -2.58. The lowest BCUT2D eigenvalue weighted by molar-refractivity contribution is -0.241. The zero-order chi connectivity index (χ0) is 18.0. The second-order valence-electron chi connectivity index (χ2n) is 9.55. The fourth-order valence-corrected chi connectivity index (χ4v) is 7.64. The Morgan fingerprint density at radius 2 is 1.88 bits per heavy atom. The Morgan fingerprint density at radius 1 is 1.12 bits per heavy atom. The van der Waals surface area contributed by atoms with Crippen molar-refractivity contribution in [3.63, 3.8) is 0 Å². The number of ether oxygens (including phenoxy) is 3. The van der Waals surface area contributed by atoms with Crippen molar-refractivity contribution in [2.24, 2.45) is 28.6 Å². The van der Waals surface area contributed by atoms with Crippen molar-refractivity contribution < 1.29 is 19.0 Å². The maximum Gasteiger partial charge on any atom is 0.174 e. The van der Waals surface area contributed by atoms with Crippen molar-refractivity contribution in [3.05, 3.63) is 11.6 Å². The Bertz CT molecular complexity index is 622. The quantitative estimate of drug-likeness (QED) is 0.554. The minimum absolute atomic E-state index is 0.101. The topological polar surface area (TPSA) is 44.8 Å². The molecule has 3 saturated carbocycles. The Morgan fingerprint density at radius 3 is 2.62 bits per heavy atom. The molecule has 0 bridgehead atoms. The van der Waals surface area contributed by atoms with E-state index < -0.39 is 0 Å². The van der Waals surface area contributed by atoms with Crippen LogP contribution < -0.4 is 0 Å². The van der Waals surface area contributed by atoms with E-state index in [-0.39, 0.29) is 22.7 Å². The third kappa shape index (κ3) is 2.04. The largest absolute Gasteiger partial charge is 0.381 e. The molecule has 0 aromatic heterocycles. The first-order valence-corrected chi connectivity index (χ1v) is 10.6. The van der Waals surface area contributed by atoms with Crippen LogP contribution in [0.4, 0.5) is 0 Å². The SMILES string of the molecule is COC1CCC2(C=O)C(=CCC3C2CCC2(C)C3CCC23OCCO3)C1. The summed E-state index contributed by atoms with van der Waals surface area (Å²) in [6.07, 6.45) is 12.5. The number of hydrogen-bond acceptors (Lipinski definition) is 4. The molecule has 6 unspecified atom stereocenters. The van der Waals surface area contributed by atoms with Crippen LogP contribution in [0.15, 0.2) is 11.6 Å². The molecular weight excluding hydrogens is 328 g/mol. The van der Waals surface area contributed by atoms with Crippen LogP contribution in [0.3, 0.4) is 0 Å². The highest BCUT2D eigenvalue weighted by atomic mass is 16.7. The minimum atomic E-state index is -0.352. The number of aldehydes is 1. The molecule has 144 valence electrons. The molecule has 26 heavy (non-hydrogen) atoms. The summed E-state index contributed by atoms with van der Waals surface area (Å²) in [6.45, 7) is 3.87. The van der Waals surface area contributed by atoms with Crippen LogP contribution in [0, 0.1) is 28.6 Å². The van der Waals surface area contributed by atoms with Gasteiger partial charge in [-0.2, -0.15) is 0 Å². The van der Waals surface area contributed by atoms with Crippen LogP contribution in [0.2, 0.25) is 0 Å². The fourth-order valence-electron chi connectivity index (χ4n) is 7.64. The second kappa shape index (κ2) is 5.89. The predicted octanol–water partition coefficient (Wildman–Crippen LogP) is 3.89. The molecule has 6 atom stereocenters. The molecular formula is C22H32O4. The standard InChI is InChI=1S/C22H32O4/c1-20-8-6-19-17(18(20)7-10-22(20)25-11-12-26-22)4-3-15-13-16(24-2)5-9-21(15,19)14-23/h3,14,16-19H,4-13H2,1-2H3. The summed E-state index contributed by atoms with van der Waals surface area (Å²) in [6, 6.07) is 0. The van der Waals surface area contributed by atoms with Gasteiger partial charge in [-0.1, -0.05) is 18.6 Å². The van der Waals surface area contributed by atoms with Crippen molar-refractivity contribution in [1.82, 2.24) is 0 Å². The number of carbonyl (C=O) groups is 1. The van der Waals surface area contributed by atoms with Crippen LogP contribution in [0.25, 0.3) is 0 Å². The van der Waals surface area contributed by atoms with E-state index in [1.807, 2.05) is 0 Å². The van der Waals surface area contributed by atoms with Gasteiger partial charge in [0.05, 0.1) is 24.7 Å². The van der Waals surface area contributed by atoms with Gasteiger partial charge in [-0.15, -0.1) is 0 Å². The monoisotopic (exact) mass is 360 g/mol. The van der Waals surface area contributed by atoms with Crippen molar-refractivity contribution in [1.29, 1.82) is 0 Å². The van der Waals surface area contributed by atoms with Gasteiger partial charge in [0.2, 0.25) is 0 Å². The van der Waals surface area contributed by atoms with Gasteiger partial charge < -0.3 is 19.0 Å². The van der Waals surface area contributed by atoms with Gasteiger partial charge in [0.1, 0.15) is 6.29 Å². The lowest BCUT2D eigenvalue weighted by atomic mass is 9.47. The highest BCUT2D eigenvalue weighted by Gasteiger charge is 2.67. The van der Waals surface area contributed by atoms with E-state index in [1.165, 1.54) is 18.3 Å². The zero-order valence-electron chi connectivity index (χ0n) is 16.2. The Hall–Kier alpha value is -0.710. The summed E-state index contributed by atoms with van der Waals surface area (Å²) in [7, 11) is 1.80. The third-order valence-electron chi connectivity index (χ3n) is 9.00. The summed E-state index contributed by atoms with van der Waals surface area (Å²) in [4.78, 5) is 12.5. The van der Waals surface area contributed by atoms with Crippen molar-refractivity contribution in [2.45, 2.75) is 70.2 Å². The van der Waals surface area contributed by atoms with Crippen LogP contribution >= 0.6 is 0 Å². The van der Waals surface area contributed by atoms with Crippen LogP contribution in [-0.4, -0.2) is 38.5 Å². The van der Waals surface area contributed by atoms with Crippen LogP contribution in [-0.2, 0) is 19.0 Å². The number of fused-ring (bicyclic) bond motifs is 6. The maximum absolute atomic E-state index is 12.5. The number of hydrogen-bond donors (Lipinski definition) is 0. The molecule has 1 spiro atoms. The maximum atomic E-state index is 12.5. The number of carbonyl (C=O) groups excluding carboxylic acids is 1. The van der Waals surface area contributed by atoms with Gasteiger partial charge in [-0.25, -0.2) is 0 Å². The van der Waals surface area contributed by atoms with Gasteiger partial charge in [0.25, 0.3) is 0 Å². The Labute approximate surface area is 156 Å². The molecule has 4 nitrogen and oxygen atoms in total. The second-order valence-corrected chi connectivity index (χ2v) is 9.55. The van der Waals surface area contributed by atoms with E-state index >= 15 is 0 Å². The molecule has 0 aromatic carbocycles. The average Bonchev–Trinajstić information content (AvgIpc) is 3.27. The molecule has 4 heteroatoms. The van der Waals surface area contributed by atoms with E-state index in [4.69, 9.17) is 14.2 Å². The molecule has 5 rings (SSSR count). The van der Waals surface area contributed by atoms with Crippen molar-refractivity contribution in [3.8, 4) is 0 Å². The van der Waals surface area contributed by atoms with E-state index in [1.54, 1.807) is 7.11 Å². The highest BCUT2D eigenvalue weighted by molar-refractivity contribution is 5.67. The summed E-state index contributed by atoms with van der Waals surface area (Å²) in [5.41, 5.74) is 1.24. The molecule has 5 aliphatic rings. The normalized spacial score (nSPS) is 49.2. The Kier molecular flexibility index (Phi) is 3.94. The third-order valence-corrected chi connectivity index (χ3v) is 9.00. The van der Waals surface area contributed by atoms with Crippen molar-refractivity contribution >= 4 is 6.29 Å². The lowest BCUT2D eigenvalue weighted by Crippen LogP contribution is -2.56.